The van der Waals surface area contributed by atoms with Crippen LogP contribution < -0.4 is 5.43 Å². The Morgan fingerprint density at radius 1 is 1.09 bits per heavy atom. The molecule has 23 heavy (non-hydrogen) atoms. The van der Waals surface area contributed by atoms with Gasteiger partial charge < -0.3 is 0 Å². The van der Waals surface area contributed by atoms with E-state index in [1.54, 1.807) is 0 Å². The first kappa shape index (κ1) is 15.4. The number of hydrazone groups is 1. The number of rotatable bonds is 2. The molecule has 3 nitrogen and oxygen atoms in total. The van der Waals surface area contributed by atoms with Crippen molar-refractivity contribution in [2.75, 3.05) is 0 Å². The molecule has 0 aromatic rings. The number of amides is 1. The summed E-state index contributed by atoms with van der Waals surface area (Å²) in [6.07, 6.45) is 11.7. The molecule has 0 aliphatic heterocycles. The fourth-order valence-electron chi connectivity index (χ4n) is 6.40. The average molecular weight is 314 g/mol. The summed E-state index contributed by atoms with van der Waals surface area (Å²) in [6, 6.07) is 0. The van der Waals surface area contributed by atoms with Crippen LogP contribution in [-0.4, -0.2) is 11.6 Å². The van der Waals surface area contributed by atoms with Crippen molar-refractivity contribution in [3.05, 3.63) is 11.6 Å². The van der Waals surface area contributed by atoms with Crippen LogP contribution in [0.1, 0.15) is 72.1 Å². The highest BCUT2D eigenvalue weighted by molar-refractivity contribution is 5.97. The number of hydrogen-bond acceptors (Lipinski definition) is 2. The van der Waals surface area contributed by atoms with Gasteiger partial charge in [0.25, 0.3) is 0 Å². The number of nitrogens with zero attached hydrogens (tertiary/aromatic N) is 1. The maximum absolute atomic E-state index is 12.9. The Balaban J connectivity index is 1.48. The van der Waals surface area contributed by atoms with E-state index in [-0.39, 0.29) is 16.7 Å². The van der Waals surface area contributed by atoms with Crippen molar-refractivity contribution < 1.29 is 4.79 Å². The minimum Gasteiger partial charge on any atom is -0.273 e. The third kappa shape index (κ3) is 2.88. The van der Waals surface area contributed by atoms with Crippen molar-refractivity contribution in [2.24, 2.45) is 33.7 Å². The lowest BCUT2D eigenvalue weighted by Gasteiger charge is -2.55. The van der Waals surface area contributed by atoms with Gasteiger partial charge in [-0.05, 0) is 87.5 Å². The second-order valence-corrected chi connectivity index (χ2v) is 9.75. The van der Waals surface area contributed by atoms with Crippen molar-refractivity contribution in [3.63, 3.8) is 0 Å². The topological polar surface area (TPSA) is 41.5 Å². The van der Waals surface area contributed by atoms with E-state index >= 15 is 0 Å². The molecule has 0 atom stereocenters. The maximum Gasteiger partial charge on any atom is 0.246 e. The highest BCUT2D eigenvalue weighted by atomic mass is 16.2. The molecule has 0 heterocycles. The van der Waals surface area contributed by atoms with Crippen LogP contribution in [0.4, 0.5) is 0 Å². The monoisotopic (exact) mass is 314 g/mol. The van der Waals surface area contributed by atoms with Gasteiger partial charge in [0.05, 0.1) is 11.1 Å². The second kappa shape index (κ2) is 5.19. The smallest absolute Gasteiger partial charge is 0.246 e. The highest BCUT2D eigenvalue weighted by Crippen LogP contribution is 2.60. The summed E-state index contributed by atoms with van der Waals surface area (Å²) in [5.74, 6) is 2.61. The van der Waals surface area contributed by atoms with E-state index in [0.29, 0.717) is 0 Å². The molecule has 0 aromatic carbocycles. The van der Waals surface area contributed by atoms with Gasteiger partial charge in [-0.2, -0.15) is 5.10 Å². The van der Waals surface area contributed by atoms with Gasteiger partial charge in [-0.25, -0.2) is 5.43 Å². The average Bonchev–Trinajstić information content (AvgIpc) is 2.41. The predicted molar refractivity (Wildman–Crippen MR) is 93.0 cm³/mol. The van der Waals surface area contributed by atoms with Gasteiger partial charge in [0.1, 0.15) is 0 Å². The molecule has 3 heteroatoms. The molecule has 1 amide bonds. The van der Waals surface area contributed by atoms with Gasteiger partial charge in [-0.15, -0.1) is 0 Å². The Bertz CT molecular complexity index is 549. The van der Waals surface area contributed by atoms with Gasteiger partial charge >= 0.3 is 0 Å². The number of hydrogen-bond donors (Lipinski definition) is 1. The summed E-state index contributed by atoms with van der Waals surface area (Å²) < 4.78 is 0. The van der Waals surface area contributed by atoms with Gasteiger partial charge in [-0.3, -0.25) is 4.79 Å². The quantitative estimate of drug-likeness (QED) is 0.752. The molecule has 0 spiro atoms. The zero-order chi connectivity index (χ0) is 16.2. The number of nitrogens with one attached hydrogen (secondary N) is 1. The Kier molecular flexibility index (Phi) is 3.48. The Morgan fingerprint density at radius 3 is 2.17 bits per heavy atom. The van der Waals surface area contributed by atoms with Crippen molar-refractivity contribution >= 4 is 11.6 Å². The van der Waals surface area contributed by atoms with Crippen LogP contribution in [0, 0.1) is 28.6 Å². The molecule has 4 fully saturated rings. The molecule has 1 N–H and O–H groups in total. The molecule has 4 bridgehead atoms. The Hall–Kier alpha value is -1.12. The molecule has 0 unspecified atom stereocenters. The first-order valence-corrected chi connectivity index (χ1v) is 9.38. The second-order valence-electron chi connectivity index (χ2n) is 9.75. The van der Waals surface area contributed by atoms with Gasteiger partial charge in [0, 0.05) is 0 Å². The van der Waals surface area contributed by atoms with E-state index in [0.717, 1.165) is 55.6 Å². The van der Waals surface area contributed by atoms with E-state index in [1.165, 1.54) is 24.8 Å². The fourth-order valence-corrected chi connectivity index (χ4v) is 6.40. The molecule has 5 aliphatic carbocycles. The highest BCUT2D eigenvalue weighted by Gasteiger charge is 2.54. The molecule has 5 rings (SSSR count). The van der Waals surface area contributed by atoms with Gasteiger partial charge in [0.2, 0.25) is 5.91 Å². The van der Waals surface area contributed by atoms with Crippen LogP contribution in [0.5, 0.6) is 0 Å². The minimum absolute atomic E-state index is 0.0955. The molecule has 0 saturated heterocycles. The Morgan fingerprint density at radius 2 is 1.65 bits per heavy atom. The third-order valence-electron chi connectivity index (χ3n) is 6.65. The third-order valence-corrected chi connectivity index (χ3v) is 6.65. The normalized spacial score (nSPS) is 42.7. The zero-order valence-electron chi connectivity index (χ0n) is 14.8. The lowest BCUT2D eigenvalue weighted by Crippen LogP contribution is -2.52. The van der Waals surface area contributed by atoms with Gasteiger partial charge in [0.15, 0.2) is 0 Å². The lowest BCUT2D eigenvalue weighted by molar-refractivity contribution is -0.146. The van der Waals surface area contributed by atoms with Crippen LogP contribution >= 0.6 is 0 Å². The molecular weight excluding hydrogens is 284 g/mol. The predicted octanol–water partition coefficient (Wildman–Crippen LogP) is 4.44. The van der Waals surface area contributed by atoms with Gasteiger partial charge in [-0.1, -0.05) is 19.4 Å². The van der Waals surface area contributed by atoms with E-state index in [1.807, 2.05) is 0 Å². The van der Waals surface area contributed by atoms with E-state index < -0.39 is 0 Å². The molecule has 0 radical (unpaired) electrons. The summed E-state index contributed by atoms with van der Waals surface area (Å²) in [6.45, 7) is 6.72. The standard InChI is InChI=1S/C20H30N2O/c1-13-4-17(12-19(2,3)8-13)21-22-18(23)20-9-14-5-15(10-20)7-16(6-14)11-20/h4,14-16H,5-12H2,1-3H3,(H,22,23)/b21-17-. The molecule has 4 saturated carbocycles. The Labute approximate surface area is 140 Å². The molecule has 0 aromatic heterocycles. The minimum atomic E-state index is -0.0955. The number of carbonyl (C=O) groups is 1. The van der Waals surface area contributed by atoms with Crippen molar-refractivity contribution in [1.82, 2.24) is 5.43 Å². The van der Waals surface area contributed by atoms with Crippen LogP contribution in [0.2, 0.25) is 0 Å². The molecular formula is C20H30N2O. The van der Waals surface area contributed by atoms with Crippen molar-refractivity contribution in [1.29, 1.82) is 0 Å². The lowest BCUT2D eigenvalue weighted by atomic mass is 9.49. The fraction of sp³-hybridized carbons (Fsp3) is 0.800. The van der Waals surface area contributed by atoms with Crippen LogP contribution in [0.3, 0.4) is 0 Å². The number of carbonyl (C=O) groups excluding carboxylic acids is 1. The summed E-state index contributed by atoms with van der Waals surface area (Å²) in [7, 11) is 0. The SMILES string of the molecule is CC1=C/C(=N/NC(=O)C23CC4CC(CC(C4)C2)C3)CC(C)(C)C1. The van der Waals surface area contributed by atoms with E-state index in [4.69, 9.17) is 0 Å². The van der Waals surface area contributed by atoms with Crippen molar-refractivity contribution in [2.45, 2.75) is 72.1 Å². The zero-order valence-corrected chi connectivity index (χ0v) is 14.8. The first-order chi connectivity index (χ1) is 10.8. The first-order valence-electron chi connectivity index (χ1n) is 9.38. The number of allylic oxidation sites excluding steroid dienone is 2. The largest absolute Gasteiger partial charge is 0.273 e. The summed E-state index contributed by atoms with van der Waals surface area (Å²) in [4.78, 5) is 12.9. The summed E-state index contributed by atoms with van der Waals surface area (Å²) in [5, 5.41) is 4.53. The van der Waals surface area contributed by atoms with E-state index in [9.17, 15) is 4.79 Å². The summed E-state index contributed by atoms with van der Waals surface area (Å²) in [5.41, 5.74) is 5.53. The molecule has 5 aliphatic rings. The molecule has 126 valence electrons. The maximum atomic E-state index is 12.9. The van der Waals surface area contributed by atoms with Crippen LogP contribution in [-0.2, 0) is 4.79 Å². The van der Waals surface area contributed by atoms with E-state index in [2.05, 4.69) is 37.4 Å². The summed E-state index contributed by atoms with van der Waals surface area (Å²) >= 11 is 0. The van der Waals surface area contributed by atoms with Crippen molar-refractivity contribution in [3.8, 4) is 0 Å². The van der Waals surface area contributed by atoms with Crippen LogP contribution in [0.15, 0.2) is 16.8 Å². The van der Waals surface area contributed by atoms with Crippen LogP contribution in [0.25, 0.3) is 0 Å².